The van der Waals surface area contributed by atoms with E-state index in [1.807, 2.05) is 43.3 Å². The van der Waals surface area contributed by atoms with Crippen molar-refractivity contribution in [1.29, 1.82) is 0 Å². The van der Waals surface area contributed by atoms with Gasteiger partial charge in [0.05, 0.1) is 6.07 Å². The minimum Gasteiger partial charge on any atom is -0.418 e. The summed E-state index contributed by atoms with van der Waals surface area (Å²) in [7, 11) is -6.00. The molecule has 1 heterocycles. The number of rotatable bonds is 2. The predicted molar refractivity (Wildman–Crippen MR) is 62.0 cm³/mol. The summed E-state index contributed by atoms with van der Waals surface area (Å²) in [5.74, 6) is 0.571. The standard InChI is InChI=1S/C11H11O2.BF4/c1-2-12-11-8-7-9-5-3-4-6-10(9)13-11;2-1(3,4)5/h3-8H,2H2,1H3;/q+1;-1. The Labute approximate surface area is 101 Å². The van der Waals surface area contributed by atoms with Crippen molar-refractivity contribution in [2.24, 2.45) is 0 Å². The molecule has 0 aliphatic heterocycles. The van der Waals surface area contributed by atoms with Crippen LogP contribution in [0.5, 0.6) is 5.95 Å². The molecule has 2 aromatic rings. The number of hydrogen-bond donors (Lipinski definition) is 0. The molecule has 98 valence electrons. The predicted octanol–water partition coefficient (Wildman–Crippen LogP) is 4.41. The maximum atomic E-state index is 9.75. The van der Waals surface area contributed by atoms with Gasteiger partial charge in [0.1, 0.15) is 0 Å². The maximum absolute atomic E-state index is 9.75. The first-order chi connectivity index (χ1) is 8.40. The number of para-hydroxylation sites is 1. The van der Waals surface area contributed by atoms with Crippen molar-refractivity contribution in [3.8, 4) is 5.95 Å². The Morgan fingerprint density at radius 2 is 1.67 bits per heavy atom. The molecule has 1 aromatic heterocycles. The van der Waals surface area contributed by atoms with Crippen molar-refractivity contribution in [1.82, 2.24) is 0 Å². The molecule has 0 radical (unpaired) electrons. The molecule has 0 atom stereocenters. The molecule has 0 aliphatic rings. The van der Waals surface area contributed by atoms with Gasteiger partial charge in [0.15, 0.2) is 6.61 Å². The second kappa shape index (κ2) is 6.23. The minimum absolute atomic E-state index is 0.571. The quantitative estimate of drug-likeness (QED) is 0.454. The normalized spacial score (nSPS) is 10.7. The lowest BCUT2D eigenvalue weighted by molar-refractivity contribution is 0.261. The summed E-state index contributed by atoms with van der Waals surface area (Å²) >= 11 is 0. The van der Waals surface area contributed by atoms with Crippen LogP contribution in [0, 0.1) is 0 Å². The Kier molecular flexibility index (Phi) is 4.94. The van der Waals surface area contributed by atoms with Crippen LogP contribution in [0.25, 0.3) is 11.0 Å². The SMILES string of the molecule is CCOc1ccc2ccccc2[o+]1.F[B-](F)(F)F. The fraction of sp³-hybridized carbons (Fsp3) is 0.182. The second-order valence-electron chi connectivity index (χ2n) is 3.22. The lowest BCUT2D eigenvalue weighted by Crippen LogP contribution is -2.02. The van der Waals surface area contributed by atoms with Crippen molar-refractivity contribution in [3.05, 3.63) is 36.4 Å². The lowest BCUT2D eigenvalue weighted by Gasteiger charge is -1.94. The van der Waals surface area contributed by atoms with Crippen molar-refractivity contribution < 1.29 is 26.4 Å². The first-order valence-electron chi connectivity index (χ1n) is 5.22. The zero-order chi connectivity index (χ0) is 13.6. The molecule has 7 heteroatoms. The van der Waals surface area contributed by atoms with Gasteiger partial charge in [-0.15, -0.1) is 0 Å². The molecule has 0 bridgehead atoms. The van der Waals surface area contributed by atoms with E-state index in [1.54, 1.807) is 0 Å². The third-order valence-corrected chi connectivity index (χ3v) is 1.82. The highest BCUT2D eigenvalue weighted by Crippen LogP contribution is 2.20. The fourth-order valence-electron chi connectivity index (χ4n) is 1.23. The van der Waals surface area contributed by atoms with Gasteiger partial charge in [0.25, 0.3) is 5.58 Å². The average Bonchev–Trinajstić information content (AvgIpc) is 2.27. The first-order valence-corrected chi connectivity index (χ1v) is 5.22. The Balaban J connectivity index is 0.000000280. The number of halogens is 4. The van der Waals surface area contributed by atoms with Crippen molar-refractivity contribution in [3.63, 3.8) is 0 Å². The summed E-state index contributed by atoms with van der Waals surface area (Å²) in [6.07, 6.45) is 0. The Hall–Kier alpha value is -1.79. The molecule has 0 aliphatic carbocycles. The molecule has 0 saturated carbocycles. The molecule has 0 saturated heterocycles. The Morgan fingerprint density at radius 1 is 1.06 bits per heavy atom. The molecule has 2 nitrogen and oxygen atoms in total. The fourth-order valence-corrected chi connectivity index (χ4v) is 1.23. The van der Waals surface area contributed by atoms with Crippen LogP contribution in [0.15, 0.2) is 40.8 Å². The van der Waals surface area contributed by atoms with Gasteiger partial charge in [0, 0.05) is 11.5 Å². The van der Waals surface area contributed by atoms with Gasteiger partial charge in [-0.25, -0.2) is 0 Å². The van der Waals surface area contributed by atoms with Crippen LogP contribution in [-0.2, 0) is 0 Å². The Bertz CT molecular complexity index is 496. The van der Waals surface area contributed by atoms with Crippen LogP contribution < -0.4 is 4.74 Å². The van der Waals surface area contributed by atoms with Gasteiger partial charge in [-0.1, -0.05) is 12.1 Å². The highest BCUT2D eigenvalue weighted by atomic mass is 19.5. The molecule has 18 heavy (non-hydrogen) atoms. The van der Waals surface area contributed by atoms with Crippen LogP contribution in [0.3, 0.4) is 0 Å². The van der Waals surface area contributed by atoms with Crippen molar-refractivity contribution >= 4 is 18.2 Å². The number of hydrogen-bond acceptors (Lipinski definition) is 1. The first kappa shape index (κ1) is 14.3. The summed E-state index contributed by atoms with van der Waals surface area (Å²) in [5.41, 5.74) is 0.855. The summed E-state index contributed by atoms with van der Waals surface area (Å²) < 4.78 is 49.7. The molecule has 0 N–H and O–H groups in total. The van der Waals surface area contributed by atoms with E-state index < -0.39 is 7.25 Å². The summed E-state index contributed by atoms with van der Waals surface area (Å²) in [6, 6.07) is 11.7. The summed E-state index contributed by atoms with van der Waals surface area (Å²) in [6.45, 7) is 2.56. The molecule has 0 unspecified atom stereocenters. The maximum Gasteiger partial charge on any atom is 0.673 e. The van der Waals surface area contributed by atoms with E-state index in [9.17, 15) is 17.3 Å². The van der Waals surface area contributed by atoms with Crippen LogP contribution in [-0.4, -0.2) is 13.9 Å². The van der Waals surface area contributed by atoms with E-state index in [4.69, 9.17) is 9.15 Å². The molecule has 0 spiro atoms. The molecule has 0 fully saturated rings. The summed E-state index contributed by atoms with van der Waals surface area (Å²) in [5, 5.41) is 1.09. The third-order valence-electron chi connectivity index (χ3n) is 1.82. The minimum atomic E-state index is -6.00. The van der Waals surface area contributed by atoms with Gasteiger partial charge in [0.2, 0.25) is 0 Å². The van der Waals surface area contributed by atoms with E-state index >= 15 is 0 Å². The van der Waals surface area contributed by atoms with E-state index in [2.05, 4.69) is 0 Å². The third kappa shape index (κ3) is 5.52. The number of benzene rings is 1. The monoisotopic (exact) mass is 262 g/mol. The van der Waals surface area contributed by atoms with Gasteiger partial charge in [-0.05, 0) is 19.1 Å². The van der Waals surface area contributed by atoms with Crippen molar-refractivity contribution in [2.45, 2.75) is 6.92 Å². The Morgan fingerprint density at radius 3 is 2.28 bits per heavy atom. The topological polar surface area (TPSA) is 20.5 Å². The largest absolute Gasteiger partial charge is 0.673 e. The van der Waals surface area contributed by atoms with Gasteiger partial charge < -0.3 is 22.0 Å². The number of fused-ring (bicyclic) bond motifs is 1. The van der Waals surface area contributed by atoms with E-state index in [0.717, 1.165) is 11.0 Å². The summed E-state index contributed by atoms with van der Waals surface area (Å²) in [4.78, 5) is 0. The lowest BCUT2D eigenvalue weighted by atomic mass is 10.2. The van der Waals surface area contributed by atoms with Crippen molar-refractivity contribution in [2.75, 3.05) is 6.61 Å². The van der Waals surface area contributed by atoms with E-state index in [1.165, 1.54) is 0 Å². The van der Waals surface area contributed by atoms with Gasteiger partial charge in [-0.3, -0.25) is 4.42 Å². The van der Waals surface area contributed by atoms with Gasteiger partial charge in [-0.2, -0.15) is 0 Å². The van der Waals surface area contributed by atoms with Crippen LogP contribution in [0.1, 0.15) is 6.92 Å². The van der Waals surface area contributed by atoms with Gasteiger partial charge >= 0.3 is 13.2 Å². The molecule has 1 aromatic carbocycles. The number of ether oxygens (including phenoxy) is 1. The zero-order valence-corrected chi connectivity index (χ0v) is 9.58. The highest BCUT2D eigenvalue weighted by molar-refractivity contribution is 6.50. The molecular formula is C11H11BF4O2. The smallest absolute Gasteiger partial charge is 0.418 e. The van der Waals surface area contributed by atoms with Crippen LogP contribution in [0.4, 0.5) is 17.3 Å². The molecule has 0 amide bonds. The highest BCUT2D eigenvalue weighted by Gasteiger charge is 2.20. The molecular weight excluding hydrogens is 251 g/mol. The average molecular weight is 262 g/mol. The van der Waals surface area contributed by atoms with Crippen LogP contribution >= 0.6 is 0 Å². The second-order valence-corrected chi connectivity index (χ2v) is 3.22. The molecule has 2 rings (SSSR count). The van der Waals surface area contributed by atoms with E-state index in [-0.39, 0.29) is 0 Å². The van der Waals surface area contributed by atoms with Crippen LogP contribution in [0.2, 0.25) is 0 Å². The van der Waals surface area contributed by atoms with E-state index in [0.29, 0.717) is 12.6 Å². The zero-order valence-electron chi connectivity index (χ0n) is 9.58.